The van der Waals surface area contributed by atoms with Crippen molar-refractivity contribution in [2.75, 3.05) is 6.26 Å². The van der Waals surface area contributed by atoms with Crippen molar-refractivity contribution in [2.24, 2.45) is 0 Å². The Morgan fingerprint density at radius 1 is 1.45 bits per heavy atom. The lowest BCUT2D eigenvalue weighted by molar-refractivity contribution is -0.384. The summed E-state index contributed by atoms with van der Waals surface area (Å²) in [5.74, 6) is -0.369. The molecule has 2 aromatic rings. The first kappa shape index (κ1) is 14.5. The third-order valence-corrected chi connectivity index (χ3v) is 3.92. The summed E-state index contributed by atoms with van der Waals surface area (Å²) in [6, 6.07) is 2.59. The first-order valence-corrected chi connectivity index (χ1v) is 7.06. The molecule has 20 heavy (non-hydrogen) atoms. The van der Waals surface area contributed by atoms with Crippen LogP contribution in [0.2, 0.25) is 5.02 Å². The van der Waals surface area contributed by atoms with E-state index < -0.39 is 10.5 Å². The molecule has 0 spiro atoms. The Kier molecular flexibility index (Phi) is 3.82. The maximum Gasteiger partial charge on any atom is 0.289 e. The van der Waals surface area contributed by atoms with E-state index in [1.807, 2.05) is 0 Å². The minimum atomic E-state index is -0.627. The van der Waals surface area contributed by atoms with E-state index in [2.05, 4.69) is 4.98 Å². The molecule has 2 rings (SSSR count). The molecule has 0 unspecified atom stereocenters. The second-order valence-corrected chi connectivity index (χ2v) is 5.25. The summed E-state index contributed by atoms with van der Waals surface area (Å²) in [7, 11) is 0. The molecular formula is C12H9ClN2O4S. The van der Waals surface area contributed by atoms with Gasteiger partial charge < -0.3 is 4.98 Å². The molecule has 0 saturated carbocycles. The van der Waals surface area contributed by atoms with Crippen LogP contribution in [-0.2, 0) is 0 Å². The molecule has 0 amide bonds. The summed E-state index contributed by atoms with van der Waals surface area (Å²) in [6.07, 6.45) is 1.72. The van der Waals surface area contributed by atoms with Gasteiger partial charge in [0.1, 0.15) is 5.02 Å². The standard InChI is InChI=1S/C12H9ClN2O4S/c1-5(16)10-11(20-2)6-3-7(13)9(15(18)19)4-8(6)14-12(10)17/h3-4H,1-2H3,(H,14,17). The van der Waals surface area contributed by atoms with Gasteiger partial charge in [0.2, 0.25) is 0 Å². The Bertz CT molecular complexity index is 800. The minimum Gasteiger partial charge on any atom is -0.321 e. The summed E-state index contributed by atoms with van der Waals surface area (Å²) in [6.45, 7) is 1.29. The van der Waals surface area contributed by atoms with Crippen LogP contribution in [-0.4, -0.2) is 21.9 Å². The summed E-state index contributed by atoms with van der Waals surface area (Å²) < 4.78 is 0. The molecule has 0 bridgehead atoms. The van der Waals surface area contributed by atoms with Crippen LogP contribution in [0.3, 0.4) is 0 Å². The van der Waals surface area contributed by atoms with Crippen molar-refractivity contribution in [3.05, 3.63) is 43.2 Å². The molecule has 0 aliphatic rings. The molecule has 6 nitrogen and oxygen atoms in total. The number of fused-ring (bicyclic) bond motifs is 1. The molecule has 0 aliphatic heterocycles. The van der Waals surface area contributed by atoms with Gasteiger partial charge in [0.25, 0.3) is 11.2 Å². The Morgan fingerprint density at radius 3 is 2.60 bits per heavy atom. The van der Waals surface area contributed by atoms with Crippen molar-refractivity contribution < 1.29 is 9.72 Å². The average Bonchev–Trinajstić information content (AvgIpc) is 2.36. The molecule has 0 atom stereocenters. The number of aromatic nitrogens is 1. The van der Waals surface area contributed by atoms with Crippen LogP contribution < -0.4 is 5.56 Å². The van der Waals surface area contributed by atoms with E-state index in [0.717, 1.165) is 0 Å². The molecule has 1 heterocycles. The highest BCUT2D eigenvalue weighted by molar-refractivity contribution is 7.99. The largest absolute Gasteiger partial charge is 0.321 e. The maximum atomic E-state index is 11.9. The monoisotopic (exact) mass is 312 g/mol. The van der Waals surface area contributed by atoms with Crippen LogP contribution >= 0.6 is 23.4 Å². The molecule has 0 radical (unpaired) electrons. The van der Waals surface area contributed by atoms with Crippen molar-refractivity contribution in [3.8, 4) is 0 Å². The highest BCUT2D eigenvalue weighted by atomic mass is 35.5. The SMILES string of the molecule is CSc1c(C(C)=O)c(=O)[nH]c2cc([N+](=O)[O-])c(Cl)cc12. The number of nitro groups is 1. The first-order valence-electron chi connectivity index (χ1n) is 5.45. The van der Waals surface area contributed by atoms with Crippen LogP contribution in [0.15, 0.2) is 21.8 Å². The molecule has 0 saturated heterocycles. The fraction of sp³-hybridized carbons (Fsp3) is 0.167. The van der Waals surface area contributed by atoms with Crippen LogP contribution in [0.4, 0.5) is 5.69 Å². The number of pyridine rings is 1. The third-order valence-electron chi connectivity index (χ3n) is 2.79. The van der Waals surface area contributed by atoms with E-state index in [1.165, 1.54) is 30.8 Å². The van der Waals surface area contributed by atoms with Gasteiger partial charge in [0, 0.05) is 16.3 Å². The Morgan fingerprint density at radius 2 is 2.10 bits per heavy atom. The number of carbonyl (C=O) groups is 1. The van der Waals surface area contributed by atoms with Crippen LogP contribution in [0.25, 0.3) is 10.9 Å². The van der Waals surface area contributed by atoms with Crippen molar-refractivity contribution in [3.63, 3.8) is 0 Å². The molecule has 0 fully saturated rings. The van der Waals surface area contributed by atoms with E-state index in [9.17, 15) is 19.7 Å². The van der Waals surface area contributed by atoms with E-state index in [0.29, 0.717) is 10.3 Å². The number of nitrogens with one attached hydrogen (secondary N) is 1. The normalized spacial score (nSPS) is 10.8. The zero-order valence-electron chi connectivity index (χ0n) is 10.5. The van der Waals surface area contributed by atoms with Gasteiger partial charge in [-0.25, -0.2) is 0 Å². The summed E-state index contributed by atoms with van der Waals surface area (Å²) >= 11 is 7.09. The topological polar surface area (TPSA) is 93.1 Å². The molecule has 1 aromatic heterocycles. The lowest BCUT2D eigenvalue weighted by Crippen LogP contribution is -2.17. The fourth-order valence-corrected chi connectivity index (χ4v) is 3.01. The summed E-state index contributed by atoms with van der Waals surface area (Å²) in [5.41, 5.74) is -0.543. The van der Waals surface area contributed by atoms with Gasteiger partial charge >= 0.3 is 0 Å². The number of thioether (sulfide) groups is 1. The van der Waals surface area contributed by atoms with E-state index in [4.69, 9.17) is 11.6 Å². The molecule has 1 N–H and O–H groups in total. The smallest absolute Gasteiger partial charge is 0.289 e. The number of halogens is 1. The zero-order chi connectivity index (χ0) is 15.0. The van der Waals surface area contributed by atoms with Crippen molar-refractivity contribution in [1.82, 2.24) is 4.98 Å². The number of benzene rings is 1. The van der Waals surface area contributed by atoms with E-state index >= 15 is 0 Å². The van der Waals surface area contributed by atoms with Gasteiger partial charge in [-0.1, -0.05) is 11.6 Å². The predicted octanol–water partition coefficient (Wildman–Crippen LogP) is 3.01. The number of nitrogens with zero attached hydrogens (tertiary/aromatic N) is 1. The number of ketones is 1. The Labute approximate surface area is 122 Å². The highest BCUT2D eigenvalue weighted by Gasteiger charge is 2.20. The van der Waals surface area contributed by atoms with Crippen LogP contribution in [0.1, 0.15) is 17.3 Å². The van der Waals surface area contributed by atoms with Crippen molar-refractivity contribution >= 4 is 45.7 Å². The number of nitro benzene ring substituents is 1. The van der Waals surface area contributed by atoms with E-state index in [1.54, 1.807) is 6.26 Å². The predicted molar refractivity (Wildman–Crippen MR) is 78.0 cm³/mol. The molecular weight excluding hydrogens is 304 g/mol. The van der Waals surface area contributed by atoms with Gasteiger partial charge in [0.05, 0.1) is 16.0 Å². The number of Topliss-reactive ketones (excluding diaryl/α,β-unsaturated/α-hetero) is 1. The second-order valence-electron chi connectivity index (χ2n) is 4.02. The quantitative estimate of drug-likeness (QED) is 0.407. The fourth-order valence-electron chi connectivity index (χ4n) is 1.95. The first-order chi connectivity index (χ1) is 9.36. The summed E-state index contributed by atoms with van der Waals surface area (Å²) in [4.78, 5) is 36.7. The number of hydrogen-bond acceptors (Lipinski definition) is 5. The Balaban J connectivity index is 2.96. The van der Waals surface area contributed by atoms with Gasteiger partial charge in [-0.05, 0) is 19.2 Å². The van der Waals surface area contributed by atoms with Gasteiger partial charge in [-0.2, -0.15) is 0 Å². The number of H-pyrrole nitrogens is 1. The lowest BCUT2D eigenvalue weighted by atomic mass is 10.1. The number of hydrogen-bond donors (Lipinski definition) is 1. The lowest BCUT2D eigenvalue weighted by Gasteiger charge is -2.08. The van der Waals surface area contributed by atoms with Crippen molar-refractivity contribution in [2.45, 2.75) is 11.8 Å². The number of carbonyl (C=O) groups excluding carboxylic acids is 1. The average molecular weight is 313 g/mol. The summed E-state index contributed by atoms with van der Waals surface area (Å²) in [5, 5.41) is 11.3. The van der Waals surface area contributed by atoms with Gasteiger partial charge in [-0.3, -0.25) is 19.7 Å². The molecule has 1 aromatic carbocycles. The number of aromatic amines is 1. The Hall–Kier alpha value is -1.86. The molecule has 8 heteroatoms. The minimum absolute atomic E-state index is 0.0370. The van der Waals surface area contributed by atoms with Gasteiger partial charge in [-0.15, -0.1) is 11.8 Å². The maximum absolute atomic E-state index is 11.9. The molecule has 0 aliphatic carbocycles. The zero-order valence-corrected chi connectivity index (χ0v) is 12.1. The van der Waals surface area contributed by atoms with Crippen LogP contribution in [0.5, 0.6) is 0 Å². The second kappa shape index (κ2) is 5.26. The number of rotatable bonds is 3. The highest BCUT2D eigenvalue weighted by Crippen LogP contribution is 2.34. The van der Waals surface area contributed by atoms with Crippen LogP contribution in [0, 0.1) is 10.1 Å². The molecule has 104 valence electrons. The van der Waals surface area contributed by atoms with Gasteiger partial charge in [0.15, 0.2) is 5.78 Å². The third kappa shape index (κ3) is 2.30. The van der Waals surface area contributed by atoms with E-state index in [-0.39, 0.29) is 27.6 Å². The van der Waals surface area contributed by atoms with Crippen molar-refractivity contribution in [1.29, 1.82) is 0 Å².